The molecule has 1 atom stereocenters. The molecule has 1 aromatic carbocycles. The number of pyridine rings is 1. The number of hydrogen-bond acceptors (Lipinski definition) is 5. The Morgan fingerprint density at radius 2 is 1.85 bits per heavy atom. The predicted octanol–water partition coefficient (Wildman–Crippen LogP) is 6.56. The standard InChI is InChI=1S/C28H36F3N3O4S/c1-3-34-22(13-18-5-8-21(9-6-18)28(29,30)31)15-20-14-19(7-12-26(20)34)27(36)33-25(17-35)24-11-10-23(16-32-24)39(37,38)4-2/h7,10-12,14-16,18,21,25,35,37-38H,3-6,8-9,13,17H2,1-2H3,(H,33,36)/t18?,21?,25-/m0/s1. The third-order valence-corrected chi connectivity index (χ3v) is 9.56. The molecule has 1 aliphatic carbocycles. The number of fused-ring (bicyclic) bond motifs is 1. The van der Waals surface area contributed by atoms with Gasteiger partial charge < -0.3 is 15.0 Å². The number of aryl methyl sites for hydroxylation is 1. The maximum atomic E-state index is 13.1. The second-order valence-corrected chi connectivity index (χ2v) is 12.6. The molecule has 0 spiro atoms. The number of rotatable bonds is 9. The number of aliphatic hydroxyl groups is 1. The first kappa shape index (κ1) is 29.4. The molecule has 11 heteroatoms. The van der Waals surface area contributed by atoms with Gasteiger partial charge in [-0.25, -0.2) is 0 Å². The first-order valence-corrected chi connectivity index (χ1v) is 15.0. The van der Waals surface area contributed by atoms with Gasteiger partial charge in [-0.15, -0.1) is 0 Å². The maximum absolute atomic E-state index is 13.1. The molecule has 214 valence electrons. The third kappa shape index (κ3) is 6.59. The van der Waals surface area contributed by atoms with Crippen molar-refractivity contribution in [2.45, 2.75) is 69.6 Å². The van der Waals surface area contributed by atoms with Crippen LogP contribution in [0.25, 0.3) is 10.9 Å². The highest BCUT2D eigenvalue weighted by molar-refractivity contribution is 8.24. The topological polar surface area (TPSA) is 108 Å². The van der Waals surface area contributed by atoms with Crippen molar-refractivity contribution in [3.63, 3.8) is 0 Å². The Hall–Kier alpha value is -2.60. The fourth-order valence-corrected chi connectivity index (χ4v) is 6.25. The summed E-state index contributed by atoms with van der Waals surface area (Å²) >= 11 is 0. The van der Waals surface area contributed by atoms with Crippen LogP contribution in [0.5, 0.6) is 0 Å². The number of nitrogens with one attached hydrogen (secondary N) is 1. The zero-order chi connectivity index (χ0) is 28.4. The summed E-state index contributed by atoms with van der Waals surface area (Å²) in [7, 11) is -2.92. The van der Waals surface area contributed by atoms with Crippen molar-refractivity contribution in [2.24, 2.45) is 11.8 Å². The van der Waals surface area contributed by atoms with E-state index in [0.717, 1.165) is 16.6 Å². The zero-order valence-corrected chi connectivity index (χ0v) is 22.9. The summed E-state index contributed by atoms with van der Waals surface area (Å²) in [6, 6.07) is 9.68. The number of alkyl halides is 3. The summed E-state index contributed by atoms with van der Waals surface area (Å²) in [5.41, 5.74) is 2.81. The smallest absolute Gasteiger partial charge is 0.391 e. The molecule has 0 bridgehead atoms. The summed E-state index contributed by atoms with van der Waals surface area (Å²) in [6.45, 7) is 4.00. The number of aliphatic hydroxyl groups excluding tert-OH is 1. The molecule has 3 aromatic rings. The molecule has 4 N–H and O–H groups in total. The predicted molar refractivity (Wildman–Crippen MR) is 146 cm³/mol. The van der Waals surface area contributed by atoms with Gasteiger partial charge in [-0.1, -0.05) is 0 Å². The van der Waals surface area contributed by atoms with Gasteiger partial charge >= 0.3 is 6.18 Å². The molecule has 1 fully saturated rings. The molecule has 2 aromatic heterocycles. The van der Waals surface area contributed by atoms with E-state index in [2.05, 4.69) is 14.9 Å². The molecule has 4 rings (SSSR count). The first-order valence-electron chi connectivity index (χ1n) is 13.3. The highest BCUT2D eigenvalue weighted by Gasteiger charge is 2.41. The molecular weight excluding hydrogens is 531 g/mol. The first-order chi connectivity index (χ1) is 18.5. The fraction of sp³-hybridized carbons (Fsp3) is 0.500. The lowest BCUT2D eigenvalue weighted by Crippen LogP contribution is -2.31. The van der Waals surface area contributed by atoms with Crippen LogP contribution in [0.2, 0.25) is 0 Å². The summed E-state index contributed by atoms with van der Waals surface area (Å²) in [5, 5.41) is 13.6. The van der Waals surface area contributed by atoms with Crippen molar-refractivity contribution in [1.82, 2.24) is 14.9 Å². The van der Waals surface area contributed by atoms with Gasteiger partial charge in [-0.3, -0.25) is 18.9 Å². The van der Waals surface area contributed by atoms with Gasteiger partial charge in [0.25, 0.3) is 5.91 Å². The van der Waals surface area contributed by atoms with Gasteiger partial charge in [-0.05, 0) is 88.3 Å². The lowest BCUT2D eigenvalue weighted by Gasteiger charge is -2.30. The van der Waals surface area contributed by atoms with Crippen LogP contribution >= 0.6 is 10.6 Å². The van der Waals surface area contributed by atoms with E-state index in [4.69, 9.17) is 0 Å². The van der Waals surface area contributed by atoms with Crippen LogP contribution < -0.4 is 5.32 Å². The molecule has 1 saturated carbocycles. The molecular formula is C28H36F3N3O4S. The average Bonchev–Trinajstić information content (AvgIpc) is 3.27. The summed E-state index contributed by atoms with van der Waals surface area (Å²) in [4.78, 5) is 17.6. The average molecular weight is 568 g/mol. The van der Waals surface area contributed by atoms with Crippen LogP contribution in [-0.2, 0) is 13.0 Å². The minimum absolute atomic E-state index is 0.164. The normalized spacial score (nSPS) is 19.7. The maximum Gasteiger partial charge on any atom is 0.391 e. The van der Waals surface area contributed by atoms with E-state index in [1.54, 1.807) is 25.1 Å². The van der Waals surface area contributed by atoms with E-state index < -0.39 is 41.2 Å². The SMILES string of the molecule is CCn1c(CC2CCC(C(F)(F)F)CC2)cc2cc(C(=O)N[C@@H](CO)c3ccc(S(O)(O)CC)cn3)ccc21. The number of nitrogens with zero attached hydrogens (tertiary/aromatic N) is 2. The molecule has 0 aliphatic heterocycles. The van der Waals surface area contributed by atoms with Crippen LogP contribution in [0.15, 0.2) is 47.5 Å². The molecule has 0 unspecified atom stereocenters. The Balaban J connectivity index is 1.47. The van der Waals surface area contributed by atoms with E-state index in [-0.39, 0.29) is 24.5 Å². The zero-order valence-electron chi connectivity index (χ0n) is 22.1. The lowest BCUT2D eigenvalue weighted by molar-refractivity contribution is -0.183. The van der Waals surface area contributed by atoms with Crippen molar-refractivity contribution < 1.29 is 32.2 Å². The van der Waals surface area contributed by atoms with Crippen LogP contribution in [-0.4, -0.2) is 48.2 Å². The van der Waals surface area contributed by atoms with E-state index >= 15 is 0 Å². The van der Waals surface area contributed by atoms with Gasteiger partial charge in [0.05, 0.1) is 35.4 Å². The number of aromatic nitrogens is 2. The molecule has 2 heterocycles. The van der Waals surface area contributed by atoms with Crippen LogP contribution in [0, 0.1) is 11.8 Å². The van der Waals surface area contributed by atoms with E-state index in [1.165, 1.54) is 12.3 Å². The van der Waals surface area contributed by atoms with Gasteiger partial charge in [0.1, 0.15) is 0 Å². The minimum atomic E-state index is -4.12. The molecule has 1 aliphatic rings. The molecule has 39 heavy (non-hydrogen) atoms. The number of carbonyl (C=O) groups excluding carboxylic acids is 1. The number of carbonyl (C=O) groups is 1. The van der Waals surface area contributed by atoms with Crippen molar-refractivity contribution in [3.05, 3.63) is 59.5 Å². The number of halogens is 3. The van der Waals surface area contributed by atoms with Crippen molar-refractivity contribution >= 4 is 27.4 Å². The summed E-state index contributed by atoms with van der Waals surface area (Å²) < 4.78 is 61.5. The number of benzene rings is 1. The highest BCUT2D eigenvalue weighted by Crippen LogP contribution is 2.47. The Labute approximate surface area is 227 Å². The van der Waals surface area contributed by atoms with Crippen molar-refractivity contribution in [2.75, 3.05) is 12.4 Å². The van der Waals surface area contributed by atoms with Crippen LogP contribution in [0.3, 0.4) is 0 Å². The second kappa shape index (κ2) is 11.9. The number of hydrogen-bond donors (Lipinski definition) is 4. The Morgan fingerprint density at radius 1 is 1.13 bits per heavy atom. The minimum Gasteiger partial charge on any atom is -0.394 e. The monoisotopic (exact) mass is 567 g/mol. The van der Waals surface area contributed by atoms with Gasteiger partial charge in [-0.2, -0.15) is 23.8 Å². The molecule has 0 radical (unpaired) electrons. The van der Waals surface area contributed by atoms with E-state index in [0.29, 0.717) is 42.0 Å². The van der Waals surface area contributed by atoms with E-state index in [1.807, 2.05) is 19.1 Å². The van der Waals surface area contributed by atoms with Gasteiger partial charge in [0.15, 0.2) is 0 Å². The highest BCUT2D eigenvalue weighted by atomic mass is 32.3. The lowest BCUT2D eigenvalue weighted by atomic mass is 9.79. The quantitative estimate of drug-likeness (QED) is 0.234. The number of amides is 1. The molecule has 7 nitrogen and oxygen atoms in total. The van der Waals surface area contributed by atoms with Crippen LogP contribution in [0.1, 0.15) is 67.3 Å². The largest absolute Gasteiger partial charge is 0.394 e. The summed E-state index contributed by atoms with van der Waals surface area (Å²) in [5.74, 6) is -1.22. The van der Waals surface area contributed by atoms with Crippen LogP contribution in [0.4, 0.5) is 13.2 Å². The molecule has 0 saturated heterocycles. The fourth-order valence-electron chi connectivity index (χ4n) is 5.41. The van der Waals surface area contributed by atoms with Gasteiger partial charge in [0, 0.05) is 34.5 Å². The Morgan fingerprint density at radius 3 is 2.41 bits per heavy atom. The van der Waals surface area contributed by atoms with Gasteiger partial charge in [0.2, 0.25) is 0 Å². The Kier molecular flexibility index (Phi) is 8.95. The van der Waals surface area contributed by atoms with E-state index in [9.17, 15) is 32.2 Å². The second-order valence-electron chi connectivity index (χ2n) is 10.2. The summed E-state index contributed by atoms with van der Waals surface area (Å²) in [6.07, 6.45) is -0.610. The van der Waals surface area contributed by atoms with Crippen molar-refractivity contribution in [3.8, 4) is 0 Å². The third-order valence-electron chi connectivity index (χ3n) is 7.76. The molecule has 1 amide bonds. The Bertz CT molecular complexity index is 1290. The van der Waals surface area contributed by atoms with Crippen molar-refractivity contribution in [1.29, 1.82) is 0 Å².